The second-order valence-corrected chi connectivity index (χ2v) is 3.43. The smallest absolute Gasteiger partial charge is 0.197 e. The molecular weight excluding hydrogens is 195 g/mol. The van der Waals surface area contributed by atoms with Crippen LogP contribution >= 0.6 is 24.2 Å². The Balaban J connectivity index is 2.64. The molecule has 0 aromatic heterocycles. The van der Waals surface area contributed by atoms with Gasteiger partial charge in [0, 0.05) is 5.69 Å². The van der Waals surface area contributed by atoms with Crippen LogP contribution in [0.25, 0.3) is 0 Å². The molecule has 0 heterocycles. The Hall–Kier alpha value is -0.650. The predicted octanol–water partition coefficient (Wildman–Crippen LogP) is 1.41. The summed E-state index contributed by atoms with van der Waals surface area (Å²) in [7, 11) is 0. The SMILES string of the molecule is [NH3+]SC(=S)Nc1ccc(F)cc1. The maximum Gasteiger partial charge on any atom is 0.197 e. The second-order valence-electron chi connectivity index (χ2n) is 2.06. The van der Waals surface area contributed by atoms with Gasteiger partial charge in [-0.05, 0) is 36.5 Å². The normalized spacial score (nSPS) is 9.50. The van der Waals surface area contributed by atoms with Crippen LogP contribution in [0.4, 0.5) is 10.1 Å². The van der Waals surface area contributed by atoms with Gasteiger partial charge in [0.05, 0.1) is 0 Å². The van der Waals surface area contributed by atoms with Crippen molar-refractivity contribution < 1.29 is 9.53 Å². The van der Waals surface area contributed by atoms with Crippen molar-refractivity contribution in [1.82, 2.24) is 0 Å². The van der Waals surface area contributed by atoms with E-state index in [4.69, 9.17) is 12.2 Å². The summed E-state index contributed by atoms with van der Waals surface area (Å²) < 4.78 is 13.0. The summed E-state index contributed by atoms with van der Waals surface area (Å²) >= 11 is 6.07. The minimum atomic E-state index is -0.256. The van der Waals surface area contributed by atoms with Gasteiger partial charge in [-0.1, -0.05) is 0 Å². The summed E-state index contributed by atoms with van der Waals surface area (Å²) in [6, 6.07) is 5.99. The number of hydrogen-bond acceptors (Lipinski definition) is 2. The molecule has 1 aromatic rings. The maximum atomic E-state index is 12.4. The van der Waals surface area contributed by atoms with Gasteiger partial charge in [0.25, 0.3) is 0 Å². The van der Waals surface area contributed by atoms with Crippen LogP contribution in [0, 0.1) is 5.82 Å². The molecule has 0 aliphatic carbocycles. The Morgan fingerprint density at radius 2 is 2.00 bits per heavy atom. The molecule has 0 spiro atoms. The number of benzene rings is 1. The lowest BCUT2D eigenvalue weighted by Crippen LogP contribution is -2.39. The van der Waals surface area contributed by atoms with E-state index in [9.17, 15) is 4.39 Å². The number of thiocarbonyl (C=S) groups is 1. The van der Waals surface area contributed by atoms with Gasteiger partial charge in [0.15, 0.2) is 4.32 Å². The first kappa shape index (κ1) is 9.44. The molecule has 2 nitrogen and oxygen atoms in total. The second kappa shape index (κ2) is 4.39. The number of hydrogen-bond donors (Lipinski definition) is 2. The van der Waals surface area contributed by atoms with Crippen LogP contribution in [-0.2, 0) is 0 Å². The van der Waals surface area contributed by atoms with E-state index in [1.807, 2.05) is 0 Å². The average Bonchev–Trinajstić information content (AvgIpc) is 2.09. The quantitative estimate of drug-likeness (QED) is 0.535. The first-order valence-electron chi connectivity index (χ1n) is 3.21. The number of anilines is 1. The van der Waals surface area contributed by atoms with Crippen molar-refractivity contribution in [3.05, 3.63) is 30.1 Å². The summed E-state index contributed by atoms with van der Waals surface area (Å²) in [6.07, 6.45) is 0. The number of nitrogens with one attached hydrogen (secondary N) is 1. The largest absolute Gasteiger partial charge is 0.337 e. The Kier molecular flexibility index (Phi) is 3.46. The fourth-order valence-electron chi connectivity index (χ4n) is 0.687. The molecule has 0 atom stereocenters. The lowest BCUT2D eigenvalue weighted by atomic mass is 10.3. The van der Waals surface area contributed by atoms with Crippen molar-refractivity contribution in [3.8, 4) is 0 Å². The van der Waals surface area contributed by atoms with E-state index < -0.39 is 0 Å². The molecule has 1 rings (SSSR count). The van der Waals surface area contributed by atoms with Gasteiger partial charge in [0.1, 0.15) is 17.8 Å². The molecule has 1 aromatic carbocycles. The highest BCUT2D eigenvalue weighted by atomic mass is 32.2. The van der Waals surface area contributed by atoms with E-state index in [1.165, 1.54) is 24.1 Å². The van der Waals surface area contributed by atoms with Gasteiger partial charge in [0.2, 0.25) is 0 Å². The molecule has 0 unspecified atom stereocenters. The summed E-state index contributed by atoms with van der Waals surface area (Å²) in [4.78, 5) is 0. The molecule has 0 radical (unpaired) electrons. The zero-order valence-electron chi connectivity index (χ0n) is 6.21. The molecule has 0 fully saturated rings. The van der Waals surface area contributed by atoms with Crippen molar-refractivity contribution in [2.45, 2.75) is 0 Å². The highest BCUT2D eigenvalue weighted by Gasteiger charge is 1.97. The van der Waals surface area contributed by atoms with Gasteiger partial charge in [-0.2, -0.15) is 0 Å². The summed E-state index contributed by atoms with van der Waals surface area (Å²) in [6.45, 7) is 0. The van der Waals surface area contributed by atoms with Crippen molar-refractivity contribution >= 4 is 34.2 Å². The fourth-order valence-corrected chi connectivity index (χ4v) is 0.995. The van der Waals surface area contributed by atoms with Crippen molar-refractivity contribution in [3.63, 3.8) is 0 Å². The third-order valence-electron chi connectivity index (χ3n) is 1.22. The third kappa shape index (κ3) is 2.77. The highest BCUT2D eigenvalue weighted by Crippen LogP contribution is 2.09. The first-order valence-corrected chi connectivity index (χ1v) is 4.60. The number of halogens is 1. The molecule has 0 saturated heterocycles. The molecule has 0 bridgehead atoms. The zero-order chi connectivity index (χ0) is 8.97. The van der Waals surface area contributed by atoms with Gasteiger partial charge in [-0.3, -0.25) is 5.14 Å². The first-order chi connectivity index (χ1) is 5.72. The molecule has 12 heavy (non-hydrogen) atoms. The third-order valence-corrected chi connectivity index (χ3v) is 2.04. The van der Waals surface area contributed by atoms with Crippen LogP contribution in [0.1, 0.15) is 0 Å². The van der Waals surface area contributed by atoms with Gasteiger partial charge in [-0.15, -0.1) is 0 Å². The molecule has 64 valence electrons. The summed E-state index contributed by atoms with van der Waals surface area (Å²) in [5, 5.41) is 6.42. The van der Waals surface area contributed by atoms with Crippen molar-refractivity contribution in [2.24, 2.45) is 0 Å². The Morgan fingerprint density at radius 3 is 2.50 bits per heavy atom. The monoisotopic (exact) mass is 203 g/mol. The Morgan fingerprint density at radius 1 is 1.42 bits per heavy atom. The zero-order valence-corrected chi connectivity index (χ0v) is 7.84. The van der Waals surface area contributed by atoms with Gasteiger partial charge in [-0.25, -0.2) is 4.39 Å². The van der Waals surface area contributed by atoms with Crippen LogP contribution in [0.15, 0.2) is 24.3 Å². The van der Waals surface area contributed by atoms with E-state index in [0.29, 0.717) is 4.32 Å². The van der Waals surface area contributed by atoms with E-state index in [-0.39, 0.29) is 5.82 Å². The average molecular weight is 203 g/mol. The number of quaternary nitrogens is 1. The number of rotatable bonds is 1. The predicted molar refractivity (Wildman–Crippen MR) is 53.1 cm³/mol. The molecule has 0 aliphatic heterocycles. The minimum absolute atomic E-state index is 0.256. The van der Waals surface area contributed by atoms with Crippen LogP contribution in [0.3, 0.4) is 0 Å². The van der Waals surface area contributed by atoms with E-state index >= 15 is 0 Å². The Bertz CT molecular complexity index is 273. The standard InChI is InChI=1S/C7H7FN2S2/c8-5-1-3-6(4-2-5)10-7(11)12-9/h1-4H,9H2,(H,10,11)/p+1. The molecule has 0 amide bonds. The summed E-state index contributed by atoms with van der Waals surface area (Å²) in [5.74, 6) is -0.256. The van der Waals surface area contributed by atoms with Crippen LogP contribution in [0.2, 0.25) is 0 Å². The van der Waals surface area contributed by atoms with Crippen molar-refractivity contribution in [1.29, 1.82) is 0 Å². The maximum absolute atomic E-state index is 12.4. The summed E-state index contributed by atoms with van der Waals surface area (Å²) in [5.41, 5.74) is 0.776. The van der Waals surface area contributed by atoms with E-state index in [0.717, 1.165) is 5.69 Å². The van der Waals surface area contributed by atoms with Crippen LogP contribution in [-0.4, -0.2) is 4.32 Å². The van der Waals surface area contributed by atoms with Gasteiger partial charge < -0.3 is 5.32 Å². The Labute approximate surface area is 79.5 Å². The fraction of sp³-hybridized carbons (Fsp3) is 0. The topological polar surface area (TPSA) is 39.7 Å². The highest BCUT2D eigenvalue weighted by molar-refractivity contribution is 8.18. The van der Waals surface area contributed by atoms with E-state index in [1.54, 1.807) is 12.1 Å². The molecule has 0 saturated carbocycles. The van der Waals surface area contributed by atoms with Crippen LogP contribution < -0.4 is 10.5 Å². The lowest BCUT2D eigenvalue weighted by Gasteiger charge is -2.01. The van der Waals surface area contributed by atoms with Crippen LogP contribution in [0.5, 0.6) is 0 Å². The molecular formula is C7H8FN2S2+. The lowest BCUT2D eigenvalue weighted by molar-refractivity contribution is -0.133. The van der Waals surface area contributed by atoms with Gasteiger partial charge >= 0.3 is 0 Å². The minimum Gasteiger partial charge on any atom is -0.337 e. The van der Waals surface area contributed by atoms with E-state index in [2.05, 4.69) is 10.5 Å². The van der Waals surface area contributed by atoms with Crippen molar-refractivity contribution in [2.75, 3.05) is 5.32 Å². The molecule has 0 aliphatic rings. The molecule has 5 heteroatoms. The molecule has 4 N–H and O–H groups in total.